The first-order valence-electron chi connectivity index (χ1n) is 5.55. The lowest BCUT2D eigenvalue weighted by atomic mass is 10.1. The van der Waals surface area contributed by atoms with Crippen LogP contribution in [-0.2, 0) is 0 Å². The maximum Gasteiger partial charge on any atom is 0.270 e. The van der Waals surface area contributed by atoms with E-state index in [1.165, 1.54) is 18.2 Å². The summed E-state index contributed by atoms with van der Waals surface area (Å²) in [6.45, 7) is 4.21. The third kappa shape index (κ3) is 3.96. The maximum atomic E-state index is 11.8. The van der Waals surface area contributed by atoms with Crippen molar-refractivity contribution >= 4 is 11.5 Å². The van der Waals surface area contributed by atoms with Gasteiger partial charge in [0.15, 0.2) is 5.78 Å². The molecule has 0 radical (unpaired) electrons. The minimum atomic E-state index is -0.501. The zero-order valence-electron chi connectivity index (χ0n) is 9.97. The molecule has 1 atom stereocenters. The second-order valence-corrected chi connectivity index (χ2v) is 3.92. The Labute approximate surface area is 100.0 Å². The molecule has 0 saturated carbocycles. The van der Waals surface area contributed by atoms with Crippen molar-refractivity contribution in [1.82, 2.24) is 5.32 Å². The fraction of sp³-hybridized carbons (Fsp3) is 0.417. The molecule has 1 unspecified atom stereocenters. The highest BCUT2D eigenvalue weighted by atomic mass is 16.6. The van der Waals surface area contributed by atoms with Gasteiger partial charge in [-0.15, -0.1) is 0 Å². The average Bonchev–Trinajstić information content (AvgIpc) is 2.35. The largest absolute Gasteiger partial charge is 0.307 e. The first-order chi connectivity index (χ1) is 8.04. The van der Waals surface area contributed by atoms with Crippen LogP contribution >= 0.6 is 0 Å². The Morgan fingerprint density at radius 1 is 1.53 bits per heavy atom. The summed E-state index contributed by atoms with van der Waals surface area (Å²) >= 11 is 0. The van der Waals surface area contributed by atoms with Crippen molar-refractivity contribution in [2.24, 2.45) is 0 Å². The molecule has 0 spiro atoms. The Hall–Kier alpha value is -1.75. The fourth-order valence-electron chi connectivity index (χ4n) is 1.31. The number of ketones is 1. The summed E-state index contributed by atoms with van der Waals surface area (Å²) in [5.41, 5.74) is 0.314. The number of Topliss-reactive ketones (excluding diaryl/α,β-unsaturated/α-hetero) is 1. The number of nitro groups is 1. The third-order valence-electron chi connectivity index (χ3n) is 2.60. The Balaban J connectivity index is 2.69. The van der Waals surface area contributed by atoms with Crippen LogP contribution in [-0.4, -0.2) is 23.3 Å². The molecule has 17 heavy (non-hydrogen) atoms. The van der Waals surface area contributed by atoms with Crippen LogP contribution in [0, 0.1) is 10.1 Å². The van der Waals surface area contributed by atoms with E-state index in [4.69, 9.17) is 0 Å². The van der Waals surface area contributed by atoms with Gasteiger partial charge in [0.2, 0.25) is 0 Å². The predicted molar refractivity (Wildman–Crippen MR) is 65.2 cm³/mol. The van der Waals surface area contributed by atoms with E-state index in [1.807, 2.05) is 13.8 Å². The molecule has 0 aromatic heterocycles. The summed E-state index contributed by atoms with van der Waals surface area (Å²) in [7, 11) is 0. The van der Waals surface area contributed by atoms with Crippen molar-refractivity contribution in [2.45, 2.75) is 26.3 Å². The number of rotatable bonds is 6. The molecule has 5 nitrogen and oxygen atoms in total. The summed E-state index contributed by atoms with van der Waals surface area (Å²) < 4.78 is 0. The molecule has 0 bridgehead atoms. The van der Waals surface area contributed by atoms with E-state index in [0.717, 1.165) is 6.42 Å². The zero-order valence-corrected chi connectivity index (χ0v) is 9.97. The van der Waals surface area contributed by atoms with Crippen molar-refractivity contribution in [3.63, 3.8) is 0 Å². The highest BCUT2D eigenvalue weighted by Gasteiger charge is 2.11. The highest BCUT2D eigenvalue weighted by molar-refractivity contribution is 5.98. The second-order valence-electron chi connectivity index (χ2n) is 3.92. The lowest BCUT2D eigenvalue weighted by Gasteiger charge is -2.10. The Kier molecular flexibility index (Phi) is 4.78. The second kappa shape index (κ2) is 6.10. The van der Waals surface area contributed by atoms with Crippen LogP contribution in [0.3, 0.4) is 0 Å². The van der Waals surface area contributed by atoms with Gasteiger partial charge in [-0.05, 0) is 13.3 Å². The highest BCUT2D eigenvalue weighted by Crippen LogP contribution is 2.13. The van der Waals surface area contributed by atoms with Crippen molar-refractivity contribution in [2.75, 3.05) is 6.54 Å². The van der Waals surface area contributed by atoms with Gasteiger partial charge in [-0.1, -0.05) is 19.1 Å². The van der Waals surface area contributed by atoms with Gasteiger partial charge < -0.3 is 5.32 Å². The van der Waals surface area contributed by atoms with Crippen LogP contribution in [0.5, 0.6) is 0 Å². The minimum Gasteiger partial charge on any atom is -0.307 e. The Morgan fingerprint density at radius 2 is 2.24 bits per heavy atom. The number of carbonyl (C=O) groups excluding carboxylic acids is 1. The van der Waals surface area contributed by atoms with Gasteiger partial charge in [-0.25, -0.2) is 0 Å². The first-order valence-corrected chi connectivity index (χ1v) is 5.55. The normalized spacial score (nSPS) is 12.1. The topological polar surface area (TPSA) is 72.2 Å². The van der Waals surface area contributed by atoms with Crippen molar-refractivity contribution < 1.29 is 9.72 Å². The molecule has 0 aliphatic heterocycles. The molecule has 92 valence electrons. The van der Waals surface area contributed by atoms with E-state index in [-0.39, 0.29) is 24.1 Å². The van der Waals surface area contributed by atoms with Crippen molar-refractivity contribution in [3.05, 3.63) is 39.9 Å². The van der Waals surface area contributed by atoms with Crippen LogP contribution in [0.1, 0.15) is 30.6 Å². The van der Waals surface area contributed by atoms with Crippen molar-refractivity contribution in [3.8, 4) is 0 Å². The number of benzene rings is 1. The van der Waals surface area contributed by atoms with E-state index < -0.39 is 4.92 Å². The summed E-state index contributed by atoms with van der Waals surface area (Å²) in [5, 5.41) is 13.6. The minimum absolute atomic E-state index is 0.0561. The van der Waals surface area contributed by atoms with Crippen molar-refractivity contribution in [1.29, 1.82) is 0 Å². The number of nitrogens with zero attached hydrogens (tertiary/aromatic N) is 1. The molecule has 0 heterocycles. The third-order valence-corrected chi connectivity index (χ3v) is 2.60. The van der Waals surface area contributed by atoms with Gasteiger partial charge in [0.05, 0.1) is 11.5 Å². The molecule has 1 N–H and O–H groups in total. The molecular weight excluding hydrogens is 220 g/mol. The van der Waals surface area contributed by atoms with Gasteiger partial charge in [-0.3, -0.25) is 14.9 Å². The van der Waals surface area contributed by atoms with Crippen LogP contribution < -0.4 is 5.32 Å². The molecule has 0 saturated heterocycles. The van der Waals surface area contributed by atoms with E-state index >= 15 is 0 Å². The monoisotopic (exact) mass is 236 g/mol. The SMILES string of the molecule is CCC(C)NCC(=O)c1cccc([N+](=O)[O-])c1. The number of nitro benzene ring substituents is 1. The molecule has 0 amide bonds. The smallest absolute Gasteiger partial charge is 0.270 e. The van der Waals surface area contributed by atoms with E-state index in [9.17, 15) is 14.9 Å². The van der Waals surface area contributed by atoms with Crippen LogP contribution in [0.4, 0.5) is 5.69 Å². The number of non-ortho nitro benzene ring substituents is 1. The first kappa shape index (κ1) is 13.3. The summed E-state index contributed by atoms with van der Waals surface area (Å²) in [4.78, 5) is 21.8. The standard InChI is InChI=1S/C12H16N2O3/c1-3-9(2)13-8-12(15)10-5-4-6-11(7-10)14(16)17/h4-7,9,13H,3,8H2,1-2H3. The molecule has 1 aromatic rings. The van der Waals surface area contributed by atoms with Gasteiger partial charge in [-0.2, -0.15) is 0 Å². The summed E-state index contributed by atoms with van der Waals surface area (Å²) in [6, 6.07) is 6.06. The quantitative estimate of drug-likeness (QED) is 0.466. The molecule has 5 heteroatoms. The van der Waals surface area contributed by atoms with E-state index in [2.05, 4.69) is 5.32 Å². The number of hydrogen-bond donors (Lipinski definition) is 1. The van der Waals surface area contributed by atoms with Crippen LogP contribution in [0.25, 0.3) is 0 Å². The van der Waals surface area contributed by atoms with Crippen LogP contribution in [0.15, 0.2) is 24.3 Å². The molecule has 1 rings (SSSR count). The number of hydrogen-bond acceptors (Lipinski definition) is 4. The lowest BCUT2D eigenvalue weighted by molar-refractivity contribution is -0.384. The fourth-order valence-corrected chi connectivity index (χ4v) is 1.31. The van der Waals surface area contributed by atoms with Crippen LogP contribution in [0.2, 0.25) is 0 Å². The van der Waals surface area contributed by atoms with Gasteiger partial charge in [0, 0.05) is 23.7 Å². The number of carbonyl (C=O) groups is 1. The molecular formula is C12H16N2O3. The Morgan fingerprint density at radius 3 is 2.82 bits per heavy atom. The van der Waals surface area contributed by atoms with Gasteiger partial charge in [0.25, 0.3) is 5.69 Å². The zero-order chi connectivity index (χ0) is 12.8. The summed E-state index contributed by atoms with van der Waals surface area (Å²) in [6.07, 6.45) is 0.933. The molecule has 0 aliphatic rings. The van der Waals surface area contributed by atoms with E-state index in [1.54, 1.807) is 6.07 Å². The van der Waals surface area contributed by atoms with Gasteiger partial charge in [0.1, 0.15) is 0 Å². The maximum absolute atomic E-state index is 11.8. The van der Waals surface area contributed by atoms with E-state index in [0.29, 0.717) is 5.56 Å². The molecule has 0 fully saturated rings. The average molecular weight is 236 g/mol. The summed E-state index contributed by atoms with van der Waals surface area (Å²) in [5.74, 6) is -0.131. The Bertz CT molecular complexity index is 418. The van der Waals surface area contributed by atoms with Gasteiger partial charge >= 0.3 is 0 Å². The lowest BCUT2D eigenvalue weighted by Crippen LogP contribution is -2.30. The number of nitrogens with one attached hydrogen (secondary N) is 1. The molecule has 0 aliphatic carbocycles. The molecule has 1 aromatic carbocycles. The predicted octanol–water partition coefficient (Wildman–Crippen LogP) is 2.17.